The minimum atomic E-state index is 0.712. The summed E-state index contributed by atoms with van der Waals surface area (Å²) < 4.78 is 7.61. The van der Waals surface area contributed by atoms with E-state index in [4.69, 9.17) is 4.74 Å². The van der Waals surface area contributed by atoms with Gasteiger partial charge in [-0.1, -0.05) is 20.8 Å². The van der Waals surface area contributed by atoms with Gasteiger partial charge in [0, 0.05) is 19.3 Å². The second kappa shape index (κ2) is 8.25. The molecule has 0 radical (unpaired) electrons. The van der Waals surface area contributed by atoms with Gasteiger partial charge < -0.3 is 10.1 Å². The molecule has 0 saturated carbocycles. The first-order valence-corrected chi connectivity index (χ1v) is 6.53. The Kier molecular flexibility index (Phi) is 6.89. The van der Waals surface area contributed by atoms with Crippen LogP contribution in [0.1, 0.15) is 32.9 Å². The van der Waals surface area contributed by atoms with Crippen LogP contribution in [0.5, 0.6) is 0 Å². The summed E-state index contributed by atoms with van der Waals surface area (Å²) in [4.78, 5) is 0. The summed E-state index contributed by atoms with van der Waals surface area (Å²) in [5, 5.41) is 7.60. The van der Waals surface area contributed by atoms with Crippen molar-refractivity contribution >= 4 is 0 Å². The van der Waals surface area contributed by atoms with Gasteiger partial charge in [-0.2, -0.15) is 5.10 Å². The number of rotatable bonds is 9. The summed E-state index contributed by atoms with van der Waals surface area (Å²) in [6, 6.07) is 2.05. The molecular formula is C13H25N3O. The molecule has 0 fully saturated rings. The van der Waals surface area contributed by atoms with Crippen LogP contribution in [0.3, 0.4) is 0 Å². The van der Waals surface area contributed by atoms with E-state index in [-0.39, 0.29) is 0 Å². The average molecular weight is 239 g/mol. The van der Waals surface area contributed by atoms with E-state index in [0.29, 0.717) is 5.92 Å². The Morgan fingerprint density at radius 2 is 2.24 bits per heavy atom. The van der Waals surface area contributed by atoms with Gasteiger partial charge in [0.2, 0.25) is 0 Å². The molecule has 0 atom stereocenters. The fourth-order valence-electron chi connectivity index (χ4n) is 1.54. The first kappa shape index (κ1) is 14.2. The highest BCUT2D eigenvalue weighted by Gasteiger charge is 2.01. The maximum Gasteiger partial charge on any atom is 0.0662 e. The molecule has 4 heteroatoms. The third kappa shape index (κ3) is 5.84. The number of nitrogens with one attached hydrogen (secondary N) is 1. The summed E-state index contributed by atoms with van der Waals surface area (Å²) in [5.74, 6) is 0.712. The van der Waals surface area contributed by atoms with E-state index in [1.807, 2.05) is 10.9 Å². The van der Waals surface area contributed by atoms with Crippen LogP contribution in [0, 0.1) is 5.92 Å². The van der Waals surface area contributed by atoms with Crippen LogP contribution in [-0.2, 0) is 17.8 Å². The Morgan fingerprint density at radius 3 is 2.94 bits per heavy atom. The molecule has 4 nitrogen and oxygen atoms in total. The lowest BCUT2D eigenvalue weighted by atomic mass is 10.1. The molecule has 1 heterocycles. The van der Waals surface area contributed by atoms with E-state index in [2.05, 4.69) is 37.3 Å². The Morgan fingerprint density at radius 1 is 1.41 bits per heavy atom. The van der Waals surface area contributed by atoms with Crippen molar-refractivity contribution in [2.24, 2.45) is 5.92 Å². The molecule has 0 spiro atoms. The van der Waals surface area contributed by atoms with Crippen LogP contribution in [0.2, 0.25) is 0 Å². The summed E-state index contributed by atoms with van der Waals surface area (Å²) in [6.07, 6.45) is 2.98. The van der Waals surface area contributed by atoms with Crippen molar-refractivity contribution in [3.05, 3.63) is 18.0 Å². The second-order valence-electron chi connectivity index (χ2n) is 4.62. The van der Waals surface area contributed by atoms with E-state index >= 15 is 0 Å². The smallest absolute Gasteiger partial charge is 0.0662 e. The van der Waals surface area contributed by atoms with Gasteiger partial charge in [-0.05, 0) is 24.9 Å². The van der Waals surface area contributed by atoms with Gasteiger partial charge in [0.1, 0.15) is 0 Å². The van der Waals surface area contributed by atoms with Gasteiger partial charge in [-0.3, -0.25) is 4.68 Å². The molecule has 0 unspecified atom stereocenters. The third-order valence-corrected chi connectivity index (χ3v) is 2.65. The van der Waals surface area contributed by atoms with Gasteiger partial charge in [-0.25, -0.2) is 0 Å². The first-order chi connectivity index (χ1) is 8.24. The van der Waals surface area contributed by atoms with E-state index in [1.165, 1.54) is 5.69 Å². The Labute approximate surface area is 104 Å². The van der Waals surface area contributed by atoms with Crippen LogP contribution >= 0.6 is 0 Å². The van der Waals surface area contributed by atoms with Crippen molar-refractivity contribution in [2.45, 2.75) is 40.3 Å². The molecule has 0 saturated heterocycles. The lowest BCUT2D eigenvalue weighted by Gasteiger charge is -2.09. The normalized spacial score (nSPS) is 11.3. The zero-order valence-corrected chi connectivity index (χ0v) is 11.3. The summed E-state index contributed by atoms with van der Waals surface area (Å²) in [6.45, 7) is 10.8. The number of hydrogen-bond donors (Lipinski definition) is 1. The Hall–Kier alpha value is -0.870. The van der Waals surface area contributed by atoms with Crippen molar-refractivity contribution in [1.82, 2.24) is 15.1 Å². The number of nitrogens with zero attached hydrogens (tertiary/aromatic N) is 2. The maximum absolute atomic E-state index is 5.60. The highest BCUT2D eigenvalue weighted by molar-refractivity contribution is 4.99. The molecule has 1 rings (SSSR count). The molecule has 0 aliphatic carbocycles. The van der Waals surface area contributed by atoms with Crippen LogP contribution in [0.25, 0.3) is 0 Å². The molecular weight excluding hydrogens is 214 g/mol. The average Bonchev–Trinajstić information content (AvgIpc) is 2.73. The zero-order chi connectivity index (χ0) is 12.5. The summed E-state index contributed by atoms with van der Waals surface area (Å²) in [7, 11) is 0. The number of ether oxygens (including phenoxy) is 1. The van der Waals surface area contributed by atoms with Gasteiger partial charge in [0.25, 0.3) is 0 Å². The Bertz CT molecular complexity index is 297. The minimum Gasteiger partial charge on any atom is -0.380 e. The van der Waals surface area contributed by atoms with E-state index in [9.17, 15) is 0 Å². The topological polar surface area (TPSA) is 39.1 Å². The molecule has 0 aromatic carbocycles. The predicted octanol–water partition coefficient (Wildman–Crippen LogP) is 2.06. The van der Waals surface area contributed by atoms with E-state index < -0.39 is 0 Å². The maximum atomic E-state index is 5.60. The molecule has 0 aliphatic rings. The molecule has 1 N–H and O–H groups in total. The monoisotopic (exact) mass is 239 g/mol. The first-order valence-electron chi connectivity index (χ1n) is 6.53. The van der Waals surface area contributed by atoms with Crippen LogP contribution < -0.4 is 5.32 Å². The van der Waals surface area contributed by atoms with E-state index in [0.717, 1.165) is 39.3 Å². The third-order valence-electron chi connectivity index (χ3n) is 2.65. The molecule has 0 bridgehead atoms. The molecule has 1 aromatic heterocycles. The molecule has 98 valence electrons. The largest absolute Gasteiger partial charge is 0.380 e. The van der Waals surface area contributed by atoms with Crippen LogP contribution in [0.4, 0.5) is 0 Å². The SMILES string of the molecule is CCNCc1ccnn1CCOCCC(C)C. The number of hydrogen-bond acceptors (Lipinski definition) is 3. The fourth-order valence-corrected chi connectivity index (χ4v) is 1.54. The fraction of sp³-hybridized carbons (Fsp3) is 0.769. The zero-order valence-electron chi connectivity index (χ0n) is 11.3. The van der Waals surface area contributed by atoms with Crippen molar-refractivity contribution < 1.29 is 4.74 Å². The lowest BCUT2D eigenvalue weighted by molar-refractivity contribution is 0.113. The van der Waals surface area contributed by atoms with Crippen LogP contribution in [0.15, 0.2) is 12.3 Å². The summed E-state index contributed by atoms with van der Waals surface area (Å²) >= 11 is 0. The second-order valence-corrected chi connectivity index (χ2v) is 4.62. The van der Waals surface area contributed by atoms with E-state index in [1.54, 1.807) is 0 Å². The van der Waals surface area contributed by atoms with Crippen molar-refractivity contribution in [1.29, 1.82) is 0 Å². The van der Waals surface area contributed by atoms with Gasteiger partial charge >= 0.3 is 0 Å². The lowest BCUT2D eigenvalue weighted by Crippen LogP contribution is -2.18. The number of aromatic nitrogens is 2. The van der Waals surface area contributed by atoms with Crippen molar-refractivity contribution in [2.75, 3.05) is 19.8 Å². The highest BCUT2D eigenvalue weighted by Crippen LogP contribution is 2.01. The predicted molar refractivity (Wildman–Crippen MR) is 69.9 cm³/mol. The van der Waals surface area contributed by atoms with Crippen LogP contribution in [-0.4, -0.2) is 29.5 Å². The Balaban J connectivity index is 2.19. The minimum absolute atomic E-state index is 0.712. The van der Waals surface area contributed by atoms with Crippen molar-refractivity contribution in [3.63, 3.8) is 0 Å². The molecule has 17 heavy (non-hydrogen) atoms. The molecule has 1 aromatic rings. The standard InChI is InChI=1S/C13H25N3O/c1-4-14-11-13-5-7-15-16(13)8-10-17-9-6-12(2)3/h5,7,12,14H,4,6,8-11H2,1-3H3. The van der Waals surface area contributed by atoms with Gasteiger partial charge in [0.05, 0.1) is 18.8 Å². The quantitative estimate of drug-likeness (QED) is 0.670. The van der Waals surface area contributed by atoms with Gasteiger partial charge in [-0.15, -0.1) is 0 Å². The molecule has 0 aliphatic heterocycles. The summed E-state index contributed by atoms with van der Waals surface area (Å²) in [5.41, 5.74) is 1.22. The molecule has 0 amide bonds. The van der Waals surface area contributed by atoms with Crippen molar-refractivity contribution in [3.8, 4) is 0 Å². The highest BCUT2D eigenvalue weighted by atomic mass is 16.5. The van der Waals surface area contributed by atoms with Gasteiger partial charge in [0.15, 0.2) is 0 Å².